The third kappa shape index (κ3) is 3.54. The van der Waals surface area contributed by atoms with Crippen LogP contribution in [0.3, 0.4) is 0 Å². The topological polar surface area (TPSA) is 49.4 Å². The molecule has 1 aromatic rings. The summed E-state index contributed by atoms with van der Waals surface area (Å²) < 4.78 is 0.955. The molecule has 0 saturated carbocycles. The van der Waals surface area contributed by atoms with E-state index < -0.39 is 0 Å². The van der Waals surface area contributed by atoms with Gasteiger partial charge in [0.15, 0.2) is 0 Å². The monoisotopic (exact) mass is 318 g/mol. The lowest BCUT2D eigenvalue weighted by Crippen LogP contribution is -2.39. The molecule has 0 bridgehead atoms. The van der Waals surface area contributed by atoms with Gasteiger partial charge in [0, 0.05) is 13.6 Å². The van der Waals surface area contributed by atoms with E-state index in [1.165, 1.54) is 16.2 Å². The second-order valence-electron chi connectivity index (χ2n) is 3.56. The number of halogens is 1. The fourth-order valence-corrected chi connectivity index (χ4v) is 2.80. The van der Waals surface area contributed by atoms with Crippen molar-refractivity contribution in [2.75, 3.05) is 20.1 Å². The number of nitrogens with zero attached hydrogens (tertiary/aromatic N) is 1. The van der Waals surface area contributed by atoms with Gasteiger partial charge >= 0.3 is 0 Å². The van der Waals surface area contributed by atoms with Crippen molar-refractivity contribution in [1.29, 1.82) is 0 Å². The zero-order valence-electron chi connectivity index (χ0n) is 10.0. The minimum Gasteiger partial charge on any atom is -0.358 e. The summed E-state index contributed by atoms with van der Waals surface area (Å²) in [5, 5.41) is 2.51. The molecule has 2 amide bonds. The van der Waals surface area contributed by atoms with E-state index >= 15 is 0 Å². The number of hydrogen-bond donors (Lipinski definition) is 1. The molecule has 0 saturated heterocycles. The van der Waals surface area contributed by atoms with Gasteiger partial charge in [-0.15, -0.1) is 11.3 Å². The Balaban J connectivity index is 2.82. The SMILES string of the molecule is CCN(CC(=O)NC)C(=O)c1cc(C)c(Br)s1. The number of hydrogen-bond acceptors (Lipinski definition) is 3. The van der Waals surface area contributed by atoms with Gasteiger partial charge in [-0.2, -0.15) is 0 Å². The lowest BCUT2D eigenvalue weighted by molar-refractivity contribution is -0.121. The minimum atomic E-state index is -0.160. The third-order valence-corrected chi connectivity index (χ3v) is 4.47. The van der Waals surface area contributed by atoms with Gasteiger partial charge in [0.1, 0.15) is 0 Å². The Morgan fingerprint density at radius 2 is 2.18 bits per heavy atom. The number of aryl methyl sites for hydroxylation is 1. The first-order valence-corrected chi connectivity index (χ1v) is 6.86. The summed E-state index contributed by atoms with van der Waals surface area (Å²) in [7, 11) is 1.56. The van der Waals surface area contributed by atoms with Gasteiger partial charge in [-0.05, 0) is 41.4 Å². The molecule has 0 fully saturated rings. The molecule has 1 rings (SSSR count). The molecule has 1 N–H and O–H groups in total. The van der Waals surface area contributed by atoms with Crippen LogP contribution in [0.15, 0.2) is 9.85 Å². The summed E-state index contributed by atoms with van der Waals surface area (Å²) in [6.45, 7) is 4.41. The van der Waals surface area contributed by atoms with Gasteiger partial charge in [-0.3, -0.25) is 9.59 Å². The molecule has 94 valence electrons. The maximum atomic E-state index is 12.1. The second-order valence-corrected chi connectivity index (χ2v) is 5.93. The maximum Gasteiger partial charge on any atom is 0.264 e. The van der Waals surface area contributed by atoms with Crippen molar-refractivity contribution >= 4 is 39.1 Å². The summed E-state index contributed by atoms with van der Waals surface area (Å²) in [5.41, 5.74) is 1.04. The Labute approximate surface area is 113 Å². The van der Waals surface area contributed by atoms with Crippen molar-refractivity contribution in [2.24, 2.45) is 0 Å². The van der Waals surface area contributed by atoms with Crippen LogP contribution in [-0.2, 0) is 4.79 Å². The maximum absolute atomic E-state index is 12.1. The molecule has 0 aliphatic rings. The van der Waals surface area contributed by atoms with Crippen molar-refractivity contribution in [2.45, 2.75) is 13.8 Å². The number of carbonyl (C=O) groups is 2. The molecule has 4 nitrogen and oxygen atoms in total. The largest absolute Gasteiger partial charge is 0.358 e. The number of carbonyl (C=O) groups excluding carboxylic acids is 2. The first-order chi connectivity index (χ1) is 7.99. The van der Waals surface area contributed by atoms with Crippen LogP contribution >= 0.6 is 27.3 Å². The van der Waals surface area contributed by atoms with E-state index in [-0.39, 0.29) is 18.4 Å². The zero-order chi connectivity index (χ0) is 13.0. The van der Waals surface area contributed by atoms with Crippen LogP contribution in [-0.4, -0.2) is 36.9 Å². The Morgan fingerprint density at radius 3 is 2.59 bits per heavy atom. The molecule has 0 radical (unpaired) electrons. The average Bonchev–Trinajstić information content (AvgIpc) is 2.65. The third-order valence-electron chi connectivity index (χ3n) is 2.35. The number of rotatable bonds is 4. The fraction of sp³-hybridized carbons (Fsp3) is 0.455. The predicted molar refractivity (Wildman–Crippen MR) is 72.4 cm³/mol. The van der Waals surface area contributed by atoms with Crippen molar-refractivity contribution in [3.05, 3.63) is 20.3 Å². The highest BCUT2D eigenvalue weighted by Crippen LogP contribution is 2.28. The minimum absolute atomic E-state index is 0.0976. The molecule has 0 aromatic carbocycles. The second kappa shape index (κ2) is 6.16. The van der Waals surface area contributed by atoms with E-state index in [0.717, 1.165) is 9.35 Å². The molecule has 1 aromatic heterocycles. The Kier molecular flexibility index (Phi) is 5.14. The average molecular weight is 319 g/mol. The molecule has 17 heavy (non-hydrogen) atoms. The summed E-state index contributed by atoms with van der Waals surface area (Å²) in [4.78, 5) is 25.6. The lowest BCUT2D eigenvalue weighted by atomic mass is 10.3. The Bertz CT molecular complexity index is 412. The Hall–Kier alpha value is -0.880. The summed E-state index contributed by atoms with van der Waals surface area (Å²) in [6.07, 6.45) is 0. The van der Waals surface area contributed by atoms with Crippen LogP contribution in [0.4, 0.5) is 0 Å². The highest BCUT2D eigenvalue weighted by molar-refractivity contribution is 9.11. The highest BCUT2D eigenvalue weighted by atomic mass is 79.9. The van der Waals surface area contributed by atoms with E-state index in [9.17, 15) is 9.59 Å². The molecule has 1 heterocycles. The van der Waals surface area contributed by atoms with E-state index in [0.29, 0.717) is 11.4 Å². The van der Waals surface area contributed by atoms with Gasteiger partial charge in [0.25, 0.3) is 5.91 Å². The van der Waals surface area contributed by atoms with Gasteiger partial charge in [0.2, 0.25) is 5.91 Å². The molecule has 0 unspecified atom stereocenters. The van der Waals surface area contributed by atoms with Crippen LogP contribution in [0.25, 0.3) is 0 Å². The van der Waals surface area contributed by atoms with Crippen LogP contribution in [0.2, 0.25) is 0 Å². The normalized spacial score (nSPS) is 10.1. The summed E-state index contributed by atoms with van der Waals surface area (Å²) in [6, 6.07) is 1.84. The molecule has 0 atom stereocenters. The number of nitrogens with one attached hydrogen (secondary N) is 1. The van der Waals surface area contributed by atoms with Crippen molar-refractivity contribution in [1.82, 2.24) is 10.2 Å². The van der Waals surface area contributed by atoms with Crippen LogP contribution < -0.4 is 5.32 Å². The molecule has 0 aliphatic carbocycles. The molecule has 0 aliphatic heterocycles. The van der Waals surface area contributed by atoms with E-state index in [1.807, 2.05) is 19.9 Å². The van der Waals surface area contributed by atoms with E-state index in [1.54, 1.807) is 7.05 Å². The molecule has 6 heteroatoms. The summed E-state index contributed by atoms with van der Waals surface area (Å²) >= 11 is 4.78. The van der Waals surface area contributed by atoms with Gasteiger partial charge in [0.05, 0.1) is 15.2 Å². The first-order valence-electron chi connectivity index (χ1n) is 5.25. The standard InChI is InChI=1S/C11H15BrN2O2S/c1-4-14(6-9(15)13-3)11(16)8-5-7(2)10(12)17-8/h5H,4,6H2,1-3H3,(H,13,15). The van der Waals surface area contributed by atoms with Gasteiger partial charge < -0.3 is 10.2 Å². The molecular formula is C11H15BrN2O2S. The number of amides is 2. The van der Waals surface area contributed by atoms with Crippen LogP contribution in [0.5, 0.6) is 0 Å². The van der Waals surface area contributed by atoms with Crippen LogP contribution in [0.1, 0.15) is 22.2 Å². The molecule has 0 spiro atoms. The smallest absolute Gasteiger partial charge is 0.264 e. The van der Waals surface area contributed by atoms with Gasteiger partial charge in [-0.25, -0.2) is 0 Å². The first kappa shape index (κ1) is 14.2. The van der Waals surface area contributed by atoms with Crippen molar-refractivity contribution in [3.8, 4) is 0 Å². The Morgan fingerprint density at radius 1 is 1.53 bits per heavy atom. The zero-order valence-corrected chi connectivity index (χ0v) is 12.4. The van der Waals surface area contributed by atoms with Gasteiger partial charge in [-0.1, -0.05) is 0 Å². The predicted octanol–water partition coefficient (Wildman–Crippen LogP) is 2.03. The lowest BCUT2D eigenvalue weighted by Gasteiger charge is -2.18. The fourth-order valence-electron chi connectivity index (χ4n) is 1.30. The number of likely N-dealkylation sites (N-methyl/N-ethyl adjacent to an activating group) is 2. The van der Waals surface area contributed by atoms with Crippen molar-refractivity contribution in [3.63, 3.8) is 0 Å². The van der Waals surface area contributed by atoms with Crippen LogP contribution in [0, 0.1) is 6.92 Å². The van der Waals surface area contributed by atoms with E-state index in [4.69, 9.17) is 0 Å². The quantitative estimate of drug-likeness (QED) is 0.923. The summed E-state index contributed by atoms with van der Waals surface area (Å²) in [5.74, 6) is -0.262. The number of thiophene rings is 1. The van der Waals surface area contributed by atoms with E-state index in [2.05, 4.69) is 21.2 Å². The highest BCUT2D eigenvalue weighted by Gasteiger charge is 2.19. The van der Waals surface area contributed by atoms with Crippen molar-refractivity contribution < 1.29 is 9.59 Å². The molecular weight excluding hydrogens is 304 g/mol.